The van der Waals surface area contributed by atoms with E-state index in [9.17, 15) is 0 Å². The van der Waals surface area contributed by atoms with Crippen LogP contribution in [0.3, 0.4) is 0 Å². The first kappa shape index (κ1) is 15.1. The number of hydrogen-bond acceptors (Lipinski definition) is 2. The third-order valence-electron chi connectivity index (χ3n) is 3.54. The number of rotatable bonds is 5. The molecule has 0 aliphatic carbocycles. The summed E-state index contributed by atoms with van der Waals surface area (Å²) in [5, 5.41) is 0. The number of aryl methyl sites for hydroxylation is 1. The maximum atomic E-state index is 6.04. The molecule has 0 saturated carbocycles. The van der Waals surface area contributed by atoms with Gasteiger partial charge in [-0.1, -0.05) is 45.8 Å². The number of hydrogen-bond donors (Lipinski definition) is 1. The van der Waals surface area contributed by atoms with E-state index in [4.69, 9.17) is 5.73 Å². The number of nitrogens with two attached hydrogens (primary N) is 1. The topological polar surface area (TPSA) is 29.3 Å². The van der Waals surface area contributed by atoms with Crippen LogP contribution >= 0.6 is 15.9 Å². The quantitative estimate of drug-likeness (QED) is 0.885. The summed E-state index contributed by atoms with van der Waals surface area (Å²) >= 11 is 3.54. The molecule has 0 fully saturated rings. The van der Waals surface area contributed by atoms with Crippen molar-refractivity contribution in [2.45, 2.75) is 19.9 Å². The average Bonchev–Trinajstić information content (AvgIpc) is 2.46. The Labute approximate surface area is 129 Å². The highest BCUT2D eigenvalue weighted by atomic mass is 79.9. The molecule has 0 radical (unpaired) electrons. The summed E-state index contributed by atoms with van der Waals surface area (Å²) < 4.78 is 1.09. The van der Waals surface area contributed by atoms with E-state index in [1.54, 1.807) is 0 Å². The van der Waals surface area contributed by atoms with Crippen LogP contribution in [0, 0.1) is 6.92 Å². The molecule has 2 N–H and O–H groups in total. The highest BCUT2D eigenvalue weighted by molar-refractivity contribution is 9.10. The van der Waals surface area contributed by atoms with Crippen LogP contribution in [0.5, 0.6) is 0 Å². The van der Waals surface area contributed by atoms with E-state index in [1.807, 2.05) is 6.07 Å². The maximum Gasteiger partial charge on any atom is 0.0665 e. The molecule has 2 aromatic rings. The molecule has 2 aromatic carbocycles. The van der Waals surface area contributed by atoms with E-state index >= 15 is 0 Å². The molecule has 0 spiro atoms. The van der Waals surface area contributed by atoms with Crippen molar-refractivity contribution in [2.24, 2.45) is 5.73 Å². The molecule has 0 amide bonds. The van der Waals surface area contributed by atoms with Crippen molar-refractivity contribution in [3.63, 3.8) is 0 Å². The summed E-state index contributed by atoms with van der Waals surface area (Å²) in [6.07, 6.45) is 0. The fraction of sp³-hybridized carbons (Fsp3) is 0.294. The lowest BCUT2D eigenvalue weighted by molar-refractivity contribution is 0.643. The van der Waals surface area contributed by atoms with Gasteiger partial charge in [0.1, 0.15) is 0 Å². The monoisotopic (exact) mass is 332 g/mol. The Morgan fingerprint density at radius 3 is 2.40 bits per heavy atom. The Kier molecular flexibility index (Phi) is 5.21. The molecule has 0 aliphatic rings. The number of anilines is 1. The summed E-state index contributed by atoms with van der Waals surface area (Å²) in [4.78, 5) is 2.35. The van der Waals surface area contributed by atoms with Gasteiger partial charge in [-0.15, -0.1) is 0 Å². The van der Waals surface area contributed by atoms with Crippen molar-refractivity contribution in [3.05, 3.63) is 64.1 Å². The summed E-state index contributed by atoms with van der Waals surface area (Å²) in [7, 11) is 0. The van der Waals surface area contributed by atoms with Gasteiger partial charge in [-0.05, 0) is 43.7 Å². The number of likely N-dealkylation sites (N-methyl/N-ethyl adjacent to an activating group) is 1. The number of nitrogens with zero attached hydrogens (tertiary/aromatic N) is 1. The van der Waals surface area contributed by atoms with Gasteiger partial charge in [-0.25, -0.2) is 0 Å². The van der Waals surface area contributed by atoms with Gasteiger partial charge >= 0.3 is 0 Å². The minimum Gasteiger partial charge on any atom is -0.363 e. The predicted octanol–water partition coefficient (Wildman–Crippen LogP) is 4.28. The standard InChI is InChI=1S/C17H21BrN2/c1-3-20(16-9-7-13(2)8-10-16)17(12-19)14-5-4-6-15(18)11-14/h4-11,17H,3,12,19H2,1-2H3. The van der Waals surface area contributed by atoms with Gasteiger partial charge in [0.15, 0.2) is 0 Å². The second-order valence-electron chi connectivity index (χ2n) is 4.93. The molecular formula is C17H21BrN2. The third kappa shape index (κ3) is 3.41. The Balaban J connectivity index is 2.34. The lowest BCUT2D eigenvalue weighted by Gasteiger charge is -2.32. The lowest BCUT2D eigenvalue weighted by atomic mass is 10.0. The van der Waals surface area contributed by atoms with Crippen molar-refractivity contribution in [3.8, 4) is 0 Å². The first-order valence-electron chi connectivity index (χ1n) is 6.94. The van der Waals surface area contributed by atoms with E-state index in [2.05, 4.69) is 77.1 Å². The Bertz CT molecular complexity index is 551. The van der Waals surface area contributed by atoms with Crippen LogP contribution in [-0.2, 0) is 0 Å². The zero-order valence-corrected chi connectivity index (χ0v) is 13.6. The highest BCUT2D eigenvalue weighted by Gasteiger charge is 2.18. The summed E-state index contributed by atoms with van der Waals surface area (Å²) in [6.45, 7) is 5.80. The molecule has 0 bridgehead atoms. The van der Waals surface area contributed by atoms with Crippen molar-refractivity contribution < 1.29 is 0 Å². The Morgan fingerprint density at radius 1 is 1.15 bits per heavy atom. The largest absolute Gasteiger partial charge is 0.363 e. The van der Waals surface area contributed by atoms with Crippen LogP contribution in [0.1, 0.15) is 24.1 Å². The minimum absolute atomic E-state index is 0.195. The molecular weight excluding hydrogens is 312 g/mol. The Hall–Kier alpha value is -1.32. The van der Waals surface area contributed by atoms with Crippen molar-refractivity contribution >= 4 is 21.6 Å². The van der Waals surface area contributed by atoms with Gasteiger partial charge in [-0.2, -0.15) is 0 Å². The number of benzene rings is 2. The molecule has 20 heavy (non-hydrogen) atoms. The minimum atomic E-state index is 0.195. The molecule has 0 saturated heterocycles. The van der Waals surface area contributed by atoms with Gasteiger partial charge in [-0.3, -0.25) is 0 Å². The third-order valence-corrected chi connectivity index (χ3v) is 4.03. The highest BCUT2D eigenvalue weighted by Crippen LogP contribution is 2.28. The van der Waals surface area contributed by atoms with Crippen LogP contribution in [0.25, 0.3) is 0 Å². The van der Waals surface area contributed by atoms with Crippen LogP contribution < -0.4 is 10.6 Å². The summed E-state index contributed by atoms with van der Waals surface area (Å²) in [6, 6.07) is 17.2. The van der Waals surface area contributed by atoms with E-state index in [1.165, 1.54) is 16.8 Å². The molecule has 1 atom stereocenters. The van der Waals surface area contributed by atoms with Gasteiger partial charge in [0.25, 0.3) is 0 Å². The van der Waals surface area contributed by atoms with Crippen LogP contribution in [0.2, 0.25) is 0 Å². The average molecular weight is 333 g/mol. The molecule has 106 valence electrons. The van der Waals surface area contributed by atoms with E-state index in [0.717, 1.165) is 11.0 Å². The smallest absolute Gasteiger partial charge is 0.0665 e. The molecule has 2 rings (SSSR count). The fourth-order valence-corrected chi connectivity index (χ4v) is 2.89. The van der Waals surface area contributed by atoms with Crippen molar-refractivity contribution in [1.82, 2.24) is 0 Å². The molecule has 0 aliphatic heterocycles. The zero-order valence-electron chi connectivity index (χ0n) is 12.0. The van der Waals surface area contributed by atoms with Gasteiger partial charge in [0.05, 0.1) is 6.04 Å². The second-order valence-corrected chi connectivity index (χ2v) is 5.84. The van der Waals surface area contributed by atoms with Crippen LogP contribution in [-0.4, -0.2) is 13.1 Å². The second kappa shape index (κ2) is 6.91. The lowest BCUT2D eigenvalue weighted by Crippen LogP contribution is -2.33. The van der Waals surface area contributed by atoms with Crippen molar-refractivity contribution in [1.29, 1.82) is 0 Å². The van der Waals surface area contributed by atoms with Gasteiger partial charge in [0.2, 0.25) is 0 Å². The first-order valence-corrected chi connectivity index (χ1v) is 7.74. The number of halogens is 1. The molecule has 1 unspecified atom stereocenters. The Morgan fingerprint density at radius 2 is 1.85 bits per heavy atom. The van der Waals surface area contributed by atoms with Crippen molar-refractivity contribution in [2.75, 3.05) is 18.0 Å². The van der Waals surface area contributed by atoms with Gasteiger partial charge < -0.3 is 10.6 Å². The SMILES string of the molecule is CCN(c1ccc(C)cc1)C(CN)c1cccc(Br)c1. The van der Waals surface area contributed by atoms with E-state index in [-0.39, 0.29) is 6.04 Å². The molecule has 0 aromatic heterocycles. The first-order chi connectivity index (χ1) is 9.65. The van der Waals surface area contributed by atoms with Crippen LogP contribution in [0.15, 0.2) is 53.0 Å². The fourth-order valence-electron chi connectivity index (χ4n) is 2.48. The zero-order chi connectivity index (χ0) is 14.5. The summed E-state index contributed by atoms with van der Waals surface area (Å²) in [5.41, 5.74) is 9.77. The predicted molar refractivity (Wildman–Crippen MR) is 90.1 cm³/mol. The van der Waals surface area contributed by atoms with E-state index < -0.39 is 0 Å². The maximum absolute atomic E-state index is 6.04. The van der Waals surface area contributed by atoms with E-state index in [0.29, 0.717) is 6.54 Å². The molecule has 3 heteroatoms. The van der Waals surface area contributed by atoms with Gasteiger partial charge in [0, 0.05) is 23.2 Å². The molecule has 0 heterocycles. The normalized spacial score (nSPS) is 12.2. The molecule has 2 nitrogen and oxygen atoms in total. The summed E-state index contributed by atoms with van der Waals surface area (Å²) in [5.74, 6) is 0. The van der Waals surface area contributed by atoms with Crippen LogP contribution in [0.4, 0.5) is 5.69 Å².